The molecule has 0 amide bonds. The van der Waals surface area contributed by atoms with Crippen LogP contribution in [-0.4, -0.2) is 30.6 Å². The van der Waals surface area contributed by atoms with E-state index < -0.39 is 24.2 Å². The maximum Gasteiger partial charge on any atom is 0.342 e. The largest absolute Gasteiger partial charge is 0.507 e. The van der Waals surface area contributed by atoms with Crippen molar-refractivity contribution < 1.29 is 28.6 Å². The van der Waals surface area contributed by atoms with Gasteiger partial charge < -0.3 is 14.6 Å². The Morgan fingerprint density at radius 1 is 1.17 bits per heavy atom. The highest BCUT2D eigenvalue weighted by atomic mass is 19.1. The van der Waals surface area contributed by atoms with Gasteiger partial charge in [-0.1, -0.05) is 11.6 Å². The van der Waals surface area contributed by atoms with Gasteiger partial charge in [-0.05, 0) is 37.3 Å². The van der Waals surface area contributed by atoms with E-state index >= 15 is 0 Å². The van der Waals surface area contributed by atoms with Crippen LogP contribution in [0.4, 0.5) is 4.39 Å². The van der Waals surface area contributed by atoms with Gasteiger partial charge in [0.15, 0.2) is 24.0 Å². The average molecular weight is 318 g/mol. The lowest BCUT2D eigenvalue weighted by molar-refractivity contribution is 0.0471. The second kappa shape index (κ2) is 6.91. The van der Waals surface area contributed by atoms with Gasteiger partial charge in [-0.2, -0.15) is 0 Å². The first-order valence-electron chi connectivity index (χ1n) is 6.76. The maximum atomic E-state index is 13.6. The minimum absolute atomic E-state index is 0.0169. The van der Waals surface area contributed by atoms with E-state index in [1.807, 2.05) is 0 Å². The van der Waals surface area contributed by atoms with Crippen molar-refractivity contribution in [2.45, 2.75) is 6.92 Å². The number of hydrogen-bond acceptors (Lipinski definition) is 5. The van der Waals surface area contributed by atoms with Crippen molar-refractivity contribution in [2.24, 2.45) is 0 Å². The Labute approximate surface area is 132 Å². The molecular formula is C17H15FO5. The van der Waals surface area contributed by atoms with E-state index in [0.717, 1.165) is 11.6 Å². The predicted molar refractivity (Wildman–Crippen MR) is 80.4 cm³/mol. The number of ketones is 1. The molecule has 5 nitrogen and oxygen atoms in total. The highest BCUT2D eigenvalue weighted by molar-refractivity contribution is 6.00. The number of hydrogen-bond donors (Lipinski definition) is 1. The van der Waals surface area contributed by atoms with Gasteiger partial charge in [-0.3, -0.25) is 4.79 Å². The summed E-state index contributed by atoms with van der Waals surface area (Å²) in [5.41, 5.74) is 0.793. The molecule has 0 aromatic heterocycles. The molecule has 6 heteroatoms. The summed E-state index contributed by atoms with van der Waals surface area (Å²) in [5, 5.41) is 9.63. The Balaban J connectivity index is 2.05. The number of esters is 1. The lowest BCUT2D eigenvalue weighted by Gasteiger charge is -2.07. The smallest absolute Gasteiger partial charge is 0.342 e. The average Bonchev–Trinajstić information content (AvgIpc) is 2.54. The molecule has 0 bridgehead atoms. The van der Waals surface area contributed by atoms with Gasteiger partial charge in [0.2, 0.25) is 0 Å². The molecule has 0 saturated heterocycles. The van der Waals surface area contributed by atoms with Crippen molar-refractivity contribution in [3.05, 3.63) is 58.9 Å². The summed E-state index contributed by atoms with van der Waals surface area (Å²) >= 11 is 0. The highest BCUT2D eigenvalue weighted by Gasteiger charge is 2.16. The summed E-state index contributed by atoms with van der Waals surface area (Å²) in [5.74, 6) is -2.28. The molecule has 23 heavy (non-hydrogen) atoms. The molecular weight excluding hydrogens is 303 g/mol. The van der Waals surface area contributed by atoms with E-state index in [2.05, 4.69) is 0 Å². The third kappa shape index (κ3) is 3.85. The number of aryl methyl sites for hydroxylation is 1. The molecule has 2 rings (SSSR count). The number of methoxy groups -OCH3 is 1. The number of phenols is 1. The fourth-order valence-corrected chi connectivity index (χ4v) is 1.95. The van der Waals surface area contributed by atoms with Crippen LogP contribution in [0, 0.1) is 12.7 Å². The minimum Gasteiger partial charge on any atom is -0.507 e. The number of phenolic OH excluding ortho intramolecular Hbond substituents is 1. The van der Waals surface area contributed by atoms with Crippen LogP contribution in [-0.2, 0) is 4.74 Å². The van der Waals surface area contributed by atoms with Crippen LogP contribution >= 0.6 is 0 Å². The summed E-state index contributed by atoms with van der Waals surface area (Å²) in [7, 11) is 1.32. The van der Waals surface area contributed by atoms with Gasteiger partial charge in [0.05, 0.1) is 7.11 Å². The molecule has 0 atom stereocenters. The number of benzene rings is 2. The fourth-order valence-electron chi connectivity index (χ4n) is 1.95. The number of carbonyl (C=O) groups is 2. The third-order valence-electron chi connectivity index (χ3n) is 3.18. The molecule has 120 valence electrons. The molecule has 0 fully saturated rings. The van der Waals surface area contributed by atoms with Crippen LogP contribution in [0.5, 0.6) is 11.5 Å². The van der Waals surface area contributed by atoms with Crippen LogP contribution in [0.3, 0.4) is 0 Å². The monoisotopic (exact) mass is 318 g/mol. The van der Waals surface area contributed by atoms with Crippen molar-refractivity contribution in [3.63, 3.8) is 0 Å². The zero-order chi connectivity index (χ0) is 17.0. The van der Waals surface area contributed by atoms with Crippen LogP contribution in [0.25, 0.3) is 0 Å². The first-order valence-corrected chi connectivity index (χ1v) is 6.76. The SMILES string of the molecule is COc1ccc(C(=O)COC(=O)c2cc(C)ccc2O)cc1F. The lowest BCUT2D eigenvalue weighted by Crippen LogP contribution is -2.14. The zero-order valence-electron chi connectivity index (χ0n) is 12.6. The third-order valence-corrected chi connectivity index (χ3v) is 3.18. The van der Waals surface area contributed by atoms with E-state index in [0.29, 0.717) is 0 Å². The van der Waals surface area contributed by atoms with E-state index in [-0.39, 0.29) is 22.6 Å². The maximum absolute atomic E-state index is 13.6. The number of rotatable bonds is 5. The van der Waals surface area contributed by atoms with Crippen molar-refractivity contribution in [1.29, 1.82) is 0 Å². The van der Waals surface area contributed by atoms with Crippen LogP contribution in [0.1, 0.15) is 26.3 Å². The zero-order valence-corrected chi connectivity index (χ0v) is 12.6. The van der Waals surface area contributed by atoms with E-state index in [1.54, 1.807) is 13.0 Å². The Hall–Kier alpha value is -2.89. The van der Waals surface area contributed by atoms with Gasteiger partial charge in [0, 0.05) is 5.56 Å². The second-order valence-electron chi connectivity index (χ2n) is 4.87. The quantitative estimate of drug-likeness (QED) is 0.678. The first-order chi connectivity index (χ1) is 10.9. The highest BCUT2D eigenvalue weighted by Crippen LogP contribution is 2.20. The molecule has 0 aliphatic heterocycles. The van der Waals surface area contributed by atoms with E-state index in [4.69, 9.17) is 9.47 Å². The molecule has 0 radical (unpaired) electrons. The lowest BCUT2D eigenvalue weighted by atomic mass is 10.1. The van der Waals surface area contributed by atoms with Crippen molar-refractivity contribution in [3.8, 4) is 11.5 Å². The standard InChI is InChI=1S/C17H15FO5/c1-10-3-5-14(19)12(7-10)17(21)23-9-15(20)11-4-6-16(22-2)13(18)8-11/h3-8,19H,9H2,1-2H3. The van der Waals surface area contributed by atoms with Gasteiger partial charge in [0.25, 0.3) is 0 Å². The predicted octanol–water partition coefficient (Wildman–Crippen LogP) is 2.89. The topological polar surface area (TPSA) is 72.8 Å². The minimum atomic E-state index is -0.825. The number of carbonyl (C=O) groups excluding carboxylic acids is 2. The number of ether oxygens (including phenoxy) is 2. The molecule has 2 aromatic rings. The molecule has 1 N–H and O–H groups in total. The molecule has 2 aromatic carbocycles. The Bertz CT molecular complexity index is 755. The fraction of sp³-hybridized carbons (Fsp3) is 0.176. The summed E-state index contributed by atoms with van der Waals surface area (Å²) in [6.45, 7) is 1.19. The first kappa shape index (κ1) is 16.5. The molecule has 0 aliphatic rings. The summed E-state index contributed by atoms with van der Waals surface area (Å²) in [6.07, 6.45) is 0. The van der Waals surface area contributed by atoms with Gasteiger partial charge in [-0.15, -0.1) is 0 Å². The summed E-state index contributed by atoms with van der Waals surface area (Å²) < 4.78 is 23.2. The summed E-state index contributed by atoms with van der Waals surface area (Å²) in [4.78, 5) is 23.8. The van der Waals surface area contributed by atoms with Crippen LogP contribution in [0.15, 0.2) is 36.4 Å². The summed E-state index contributed by atoms with van der Waals surface area (Å²) in [6, 6.07) is 8.16. The molecule has 0 heterocycles. The van der Waals surface area contributed by atoms with Gasteiger partial charge in [-0.25, -0.2) is 9.18 Å². The number of aromatic hydroxyl groups is 1. The van der Waals surface area contributed by atoms with Crippen LogP contribution in [0.2, 0.25) is 0 Å². The van der Waals surface area contributed by atoms with Gasteiger partial charge in [0.1, 0.15) is 11.3 Å². The van der Waals surface area contributed by atoms with Crippen LogP contribution < -0.4 is 4.74 Å². The second-order valence-corrected chi connectivity index (χ2v) is 4.87. The Morgan fingerprint density at radius 3 is 2.57 bits per heavy atom. The Morgan fingerprint density at radius 2 is 1.91 bits per heavy atom. The normalized spacial score (nSPS) is 10.2. The molecule has 0 saturated carbocycles. The molecule has 0 unspecified atom stereocenters. The van der Waals surface area contributed by atoms with Crippen molar-refractivity contribution >= 4 is 11.8 Å². The number of halogens is 1. The van der Waals surface area contributed by atoms with E-state index in [1.165, 1.54) is 31.4 Å². The van der Waals surface area contributed by atoms with E-state index in [9.17, 15) is 19.1 Å². The van der Waals surface area contributed by atoms with Crippen molar-refractivity contribution in [2.75, 3.05) is 13.7 Å². The van der Waals surface area contributed by atoms with Crippen molar-refractivity contribution in [1.82, 2.24) is 0 Å². The molecule has 0 aliphatic carbocycles. The Kier molecular flexibility index (Phi) is 4.95. The number of Topliss-reactive ketones (excluding diaryl/α,β-unsaturated/α-hetero) is 1. The molecule has 0 spiro atoms. The van der Waals surface area contributed by atoms with Gasteiger partial charge >= 0.3 is 5.97 Å².